The third kappa shape index (κ3) is 4.60. The van der Waals surface area contributed by atoms with Crippen LogP contribution in [0, 0.1) is 6.92 Å². The molecule has 0 amide bonds. The first-order valence-corrected chi connectivity index (χ1v) is 7.63. The quantitative estimate of drug-likeness (QED) is 0.809. The highest BCUT2D eigenvalue weighted by molar-refractivity contribution is 5.39. The molecule has 0 fully saturated rings. The molecule has 0 saturated heterocycles. The van der Waals surface area contributed by atoms with E-state index in [-0.39, 0.29) is 0 Å². The van der Waals surface area contributed by atoms with Crippen LogP contribution in [0.2, 0.25) is 0 Å². The van der Waals surface area contributed by atoms with Crippen LogP contribution in [-0.4, -0.2) is 22.7 Å². The Morgan fingerprint density at radius 3 is 2.95 bits per heavy atom. The fraction of sp³-hybridized carbons (Fsp3) is 0.471. The summed E-state index contributed by atoms with van der Waals surface area (Å²) in [7, 11) is 0. The number of ether oxygens (including phenoxy) is 1. The Balaban J connectivity index is 2.00. The number of benzene rings is 1. The van der Waals surface area contributed by atoms with E-state index in [1.165, 1.54) is 11.1 Å². The number of aryl methyl sites for hydroxylation is 1. The minimum Gasteiger partial charge on any atom is -0.491 e. The monoisotopic (exact) mass is 287 g/mol. The number of aromatic nitrogens is 2. The minimum atomic E-state index is 0.300. The highest BCUT2D eigenvalue weighted by atomic mass is 16.5. The molecule has 0 aliphatic rings. The highest BCUT2D eigenvalue weighted by Crippen LogP contribution is 2.26. The van der Waals surface area contributed by atoms with Gasteiger partial charge in [0.25, 0.3) is 0 Å². The van der Waals surface area contributed by atoms with Gasteiger partial charge in [0.1, 0.15) is 12.4 Å². The van der Waals surface area contributed by atoms with Crippen LogP contribution in [0.1, 0.15) is 37.4 Å². The summed E-state index contributed by atoms with van der Waals surface area (Å²) in [6.07, 6.45) is 6.68. The molecule has 0 radical (unpaired) electrons. The molecule has 1 heterocycles. The van der Waals surface area contributed by atoms with E-state index in [0.29, 0.717) is 12.6 Å². The lowest BCUT2D eigenvalue weighted by Crippen LogP contribution is -2.20. The number of hydrogen-bond donors (Lipinski definition) is 1. The maximum absolute atomic E-state index is 6.00. The fourth-order valence-electron chi connectivity index (χ4n) is 2.28. The molecule has 1 aromatic heterocycles. The van der Waals surface area contributed by atoms with Crippen molar-refractivity contribution in [3.63, 3.8) is 0 Å². The van der Waals surface area contributed by atoms with Gasteiger partial charge >= 0.3 is 0 Å². The Labute approximate surface area is 127 Å². The van der Waals surface area contributed by atoms with E-state index in [9.17, 15) is 0 Å². The lowest BCUT2D eigenvalue weighted by Gasteiger charge is -2.19. The Bertz CT molecular complexity index is 537. The van der Waals surface area contributed by atoms with Gasteiger partial charge in [0.15, 0.2) is 0 Å². The van der Waals surface area contributed by atoms with Gasteiger partial charge in [-0.1, -0.05) is 19.1 Å². The Kier molecular flexibility index (Phi) is 5.81. The Hall–Kier alpha value is -1.81. The van der Waals surface area contributed by atoms with Gasteiger partial charge < -0.3 is 14.6 Å². The zero-order valence-corrected chi connectivity index (χ0v) is 13.2. The summed E-state index contributed by atoms with van der Waals surface area (Å²) in [6.45, 7) is 8.93. The molecular weight excluding hydrogens is 262 g/mol. The van der Waals surface area contributed by atoms with Crippen molar-refractivity contribution < 1.29 is 4.74 Å². The molecule has 2 rings (SSSR count). The normalized spacial score (nSPS) is 12.3. The van der Waals surface area contributed by atoms with E-state index in [2.05, 4.69) is 49.3 Å². The molecular formula is C17H25N3O. The molecule has 0 aliphatic heterocycles. The van der Waals surface area contributed by atoms with Crippen LogP contribution in [0.5, 0.6) is 5.75 Å². The average molecular weight is 287 g/mol. The predicted molar refractivity (Wildman–Crippen MR) is 85.6 cm³/mol. The highest BCUT2D eigenvalue weighted by Gasteiger charge is 2.11. The number of rotatable bonds is 8. The predicted octanol–water partition coefficient (Wildman–Crippen LogP) is 3.33. The van der Waals surface area contributed by atoms with Gasteiger partial charge in [0, 0.05) is 24.0 Å². The third-order valence-corrected chi connectivity index (χ3v) is 3.50. The summed E-state index contributed by atoms with van der Waals surface area (Å²) >= 11 is 0. The summed E-state index contributed by atoms with van der Waals surface area (Å²) in [5.41, 5.74) is 2.44. The Morgan fingerprint density at radius 1 is 1.38 bits per heavy atom. The third-order valence-electron chi connectivity index (χ3n) is 3.50. The number of imidazole rings is 1. The van der Waals surface area contributed by atoms with E-state index >= 15 is 0 Å². The van der Waals surface area contributed by atoms with Crippen molar-refractivity contribution in [1.82, 2.24) is 14.9 Å². The first-order valence-electron chi connectivity index (χ1n) is 7.63. The number of nitrogens with zero attached hydrogens (tertiary/aromatic N) is 2. The number of nitrogens with one attached hydrogen (secondary N) is 1. The lowest BCUT2D eigenvalue weighted by molar-refractivity contribution is 0.292. The average Bonchev–Trinajstić information content (AvgIpc) is 2.98. The second-order valence-corrected chi connectivity index (χ2v) is 5.37. The van der Waals surface area contributed by atoms with Gasteiger partial charge in [0.05, 0.1) is 12.9 Å². The Morgan fingerprint density at radius 2 is 2.24 bits per heavy atom. The van der Waals surface area contributed by atoms with Crippen molar-refractivity contribution in [1.29, 1.82) is 0 Å². The molecule has 1 N–H and O–H groups in total. The minimum absolute atomic E-state index is 0.300. The van der Waals surface area contributed by atoms with Crippen molar-refractivity contribution >= 4 is 0 Å². The van der Waals surface area contributed by atoms with Crippen molar-refractivity contribution in [2.75, 3.05) is 13.2 Å². The SMILES string of the molecule is CCCNC(C)c1ccc(C)cc1OCCn1ccnc1. The van der Waals surface area contributed by atoms with E-state index in [1.807, 2.05) is 17.1 Å². The van der Waals surface area contributed by atoms with Crippen molar-refractivity contribution in [2.24, 2.45) is 0 Å². The molecule has 0 bridgehead atoms. The van der Waals surface area contributed by atoms with Crippen LogP contribution in [0.15, 0.2) is 36.9 Å². The van der Waals surface area contributed by atoms with Crippen LogP contribution < -0.4 is 10.1 Å². The molecule has 0 spiro atoms. The molecule has 114 valence electrons. The van der Waals surface area contributed by atoms with Crippen molar-refractivity contribution in [3.05, 3.63) is 48.0 Å². The van der Waals surface area contributed by atoms with Crippen LogP contribution >= 0.6 is 0 Å². The molecule has 0 aliphatic carbocycles. The van der Waals surface area contributed by atoms with Gasteiger partial charge in [-0.05, 0) is 38.4 Å². The summed E-state index contributed by atoms with van der Waals surface area (Å²) in [6, 6.07) is 6.72. The van der Waals surface area contributed by atoms with E-state index in [0.717, 1.165) is 25.3 Å². The molecule has 4 nitrogen and oxygen atoms in total. The molecule has 0 saturated carbocycles. The molecule has 1 atom stereocenters. The molecule has 21 heavy (non-hydrogen) atoms. The fourth-order valence-corrected chi connectivity index (χ4v) is 2.28. The summed E-state index contributed by atoms with van der Waals surface area (Å²) in [5, 5.41) is 3.52. The van der Waals surface area contributed by atoms with E-state index in [1.54, 1.807) is 6.20 Å². The molecule has 4 heteroatoms. The first-order chi connectivity index (χ1) is 10.2. The summed E-state index contributed by atoms with van der Waals surface area (Å²) < 4.78 is 8.03. The topological polar surface area (TPSA) is 39.1 Å². The van der Waals surface area contributed by atoms with Crippen molar-refractivity contribution in [2.45, 2.75) is 39.8 Å². The zero-order valence-electron chi connectivity index (χ0n) is 13.2. The van der Waals surface area contributed by atoms with Crippen LogP contribution in [0.3, 0.4) is 0 Å². The van der Waals surface area contributed by atoms with Gasteiger partial charge in [-0.3, -0.25) is 0 Å². The number of hydrogen-bond acceptors (Lipinski definition) is 3. The van der Waals surface area contributed by atoms with E-state index in [4.69, 9.17) is 4.74 Å². The van der Waals surface area contributed by atoms with Gasteiger partial charge in [-0.2, -0.15) is 0 Å². The molecule has 1 unspecified atom stereocenters. The van der Waals surface area contributed by atoms with E-state index < -0.39 is 0 Å². The second-order valence-electron chi connectivity index (χ2n) is 5.37. The van der Waals surface area contributed by atoms with Crippen LogP contribution in [0.4, 0.5) is 0 Å². The van der Waals surface area contributed by atoms with Crippen LogP contribution in [-0.2, 0) is 6.54 Å². The smallest absolute Gasteiger partial charge is 0.124 e. The maximum Gasteiger partial charge on any atom is 0.124 e. The standard InChI is InChI=1S/C17H25N3O/c1-4-7-19-15(3)16-6-5-14(2)12-17(16)21-11-10-20-9-8-18-13-20/h5-6,8-9,12-13,15,19H,4,7,10-11H2,1-3H3. The molecule has 2 aromatic rings. The maximum atomic E-state index is 6.00. The second kappa shape index (κ2) is 7.84. The van der Waals surface area contributed by atoms with Gasteiger partial charge in [-0.15, -0.1) is 0 Å². The van der Waals surface area contributed by atoms with Gasteiger partial charge in [0.2, 0.25) is 0 Å². The lowest BCUT2D eigenvalue weighted by atomic mass is 10.0. The summed E-state index contributed by atoms with van der Waals surface area (Å²) in [4.78, 5) is 4.04. The van der Waals surface area contributed by atoms with Gasteiger partial charge in [-0.25, -0.2) is 4.98 Å². The van der Waals surface area contributed by atoms with Crippen molar-refractivity contribution in [3.8, 4) is 5.75 Å². The van der Waals surface area contributed by atoms with Crippen LogP contribution in [0.25, 0.3) is 0 Å². The first kappa shape index (κ1) is 15.6. The molecule has 1 aromatic carbocycles. The zero-order chi connectivity index (χ0) is 15.1. The largest absolute Gasteiger partial charge is 0.491 e. The summed E-state index contributed by atoms with van der Waals surface area (Å²) in [5.74, 6) is 0.978.